The van der Waals surface area contributed by atoms with Gasteiger partial charge in [0.1, 0.15) is 11.7 Å². The Morgan fingerprint density at radius 1 is 1.19 bits per heavy atom. The predicted octanol–water partition coefficient (Wildman–Crippen LogP) is 3.64. The van der Waals surface area contributed by atoms with Gasteiger partial charge in [-0.2, -0.15) is 13.2 Å². The van der Waals surface area contributed by atoms with Crippen molar-refractivity contribution in [3.8, 4) is 0 Å². The highest BCUT2D eigenvalue weighted by molar-refractivity contribution is 5.96. The monoisotopic (exact) mass is 445 g/mol. The van der Waals surface area contributed by atoms with Crippen LogP contribution < -0.4 is 5.32 Å². The van der Waals surface area contributed by atoms with E-state index in [1.165, 1.54) is 12.1 Å². The molecule has 1 N–H and O–H groups in total. The van der Waals surface area contributed by atoms with E-state index in [4.69, 9.17) is 14.2 Å². The number of amides is 1. The smallest absolute Gasteiger partial charge is 0.416 e. The number of cyclic esters (lactones) is 1. The Morgan fingerprint density at radius 3 is 2.32 bits per heavy atom. The Bertz CT molecular complexity index is 801. The van der Waals surface area contributed by atoms with E-state index < -0.39 is 53.4 Å². The van der Waals surface area contributed by atoms with Gasteiger partial charge < -0.3 is 19.5 Å². The first kappa shape index (κ1) is 24.5. The van der Waals surface area contributed by atoms with Gasteiger partial charge in [-0.05, 0) is 51.8 Å². The second-order valence-electron chi connectivity index (χ2n) is 8.17. The third kappa shape index (κ3) is 7.15. The number of alkyl halides is 3. The van der Waals surface area contributed by atoms with Crippen LogP contribution in [0.3, 0.4) is 0 Å². The molecule has 0 aliphatic carbocycles. The number of hydrogen-bond donors (Lipinski definition) is 1. The van der Waals surface area contributed by atoms with Crippen molar-refractivity contribution in [1.82, 2.24) is 5.32 Å². The summed E-state index contributed by atoms with van der Waals surface area (Å²) < 4.78 is 53.8. The molecule has 0 radical (unpaired) electrons. The lowest BCUT2D eigenvalue weighted by atomic mass is 9.95. The van der Waals surface area contributed by atoms with Crippen molar-refractivity contribution in [3.05, 3.63) is 35.4 Å². The lowest BCUT2D eigenvalue weighted by Gasteiger charge is -2.26. The van der Waals surface area contributed by atoms with Crippen molar-refractivity contribution in [2.45, 2.75) is 64.5 Å². The fourth-order valence-corrected chi connectivity index (χ4v) is 3.11. The van der Waals surface area contributed by atoms with Crippen LogP contribution in [0.4, 0.5) is 18.0 Å². The van der Waals surface area contributed by atoms with Crippen LogP contribution >= 0.6 is 0 Å². The summed E-state index contributed by atoms with van der Waals surface area (Å²) in [4.78, 5) is 36.4. The highest BCUT2D eigenvalue weighted by Gasteiger charge is 2.44. The summed E-state index contributed by atoms with van der Waals surface area (Å²) in [7, 11) is 0. The number of benzene rings is 1. The molecule has 3 atom stereocenters. The van der Waals surface area contributed by atoms with Crippen molar-refractivity contribution in [2.75, 3.05) is 6.61 Å². The largest absolute Gasteiger partial charge is 0.465 e. The molecule has 2 rings (SSSR count). The lowest BCUT2D eigenvalue weighted by molar-refractivity contribution is -0.156. The Kier molecular flexibility index (Phi) is 7.56. The molecule has 1 aromatic rings. The van der Waals surface area contributed by atoms with Crippen LogP contribution in [-0.2, 0) is 36.4 Å². The summed E-state index contributed by atoms with van der Waals surface area (Å²) in [6.07, 6.45) is -6.10. The minimum atomic E-state index is -4.47. The zero-order valence-electron chi connectivity index (χ0n) is 17.7. The molecule has 1 amide bonds. The van der Waals surface area contributed by atoms with Gasteiger partial charge in [0.2, 0.25) is 0 Å². The van der Waals surface area contributed by atoms with Gasteiger partial charge >= 0.3 is 24.2 Å². The van der Waals surface area contributed by atoms with Crippen LogP contribution in [0.15, 0.2) is 24.3 Å². The number of rotatable bonds is 6. The standard InChI is InChI=1S/C21H26F3NO6/c1-5-29-17(26)14-11-16(30-18(14)27)15(25-19(28)31-20(2,3)4)10-12-6-8-13(9-7-12)21(22,23)24/h6-9,14-16H,5,10-11H2,1-4H3,(H,25,28)/t14-,15-,16-/m1/s1. The topological polar surface area (TPSA) is 90.9 Å². The number of esters is 2. The number of carbonyl (C=O) groups is 3. The third-order valence-electron chi connectivity index (χ3n) is 4.48. The molecule has 0 aromatic heterocycles. The first-order valence-corrected chi connectivity index (χ1v) is 9.83. The van der Waals surface area contributed by atoms with E-state index in [1.807, 2.05) is 0 Å². The predicted molar refractivity (Wildman–Crippen MR) is 103 cm³/mol. The molecule has 31 heavy (non-hydrogen) atoms. The molecule has 0 unspecified atom stereocenters. The Balaban J connectivity index is 2.20. The van der Waals surface area contributed by atoms with Gasteiger partial charge in [-0.1, -0.05) is 12.1 Å². The number of ether oxygens (including phenoxy) is 3. The SMILES string of the molecule is CCOC(=O)[C@H]1C[C@H]([C@@H](Cc2ccc(C(F)(F)F)cc2)NC(=O)OC(C)(C)C)OC1=O. The van der Waals surface area contributed by atoms with Gasteiger partial charge in [-0.15, -0.1) is 0 Å². The second-order valence-corrected chi connectivity index (χ2v) is 8.17. The molecule has 0 bridgehead atoms. The Morgan fingerprint density at radius 2 is 1.81 bits per heavy atom. The van der Waals surface area contributed by atoms with Gasteiger partial charge in [0.05, 0.1) is 18.2 Å². The molecule has 1 aromatic carbocycles. The molecule has 1 aliphatic rings. The summed E-state index contributed by atoms with van der Waals surface area (Å²) in [5, 5.41) is 2.61. The van der Waals surface area contributed by atoms with E-state index in [0.29, 0.717) is 5.56 Å². The van der Waals surface area contributed by atoms with Crippen molar-refractivity contribution in [1.29, 1.82) is 0 Å². The lowest BCUT2D eigenvalue weighted by Crippen LogP contribution is -2.46. The maximum atomic E-state index is 12.8. The van der Waals surface area contributed by atoms with Crippen LogP contribution in [0.2, 0.25) is 0 Å². The molecular formula is C21H26F3NO6. The minimum Gasteiger partial charge on any atom is -0.465 e. The van der Waals surface area contributed by atoms with Crippen molar-refractivity contribution in [3.63, 3.8) is 0 Å². The molecular weight excluding hydrogens is 419 g/mol. The van der Waals surface area contributed by atoms with Gasteiger partial charge in [-0.25, -0.2) is 4.79 Å². The fraction of sp³-hybridized carbons (Fsp3) is 0.571. The molecule has 0 saturated carbocycles. The first-order chi connectivity index (χ1) is 14.3. The maximum absolute atomic E-state index is 12.8. The molecule has 1 saturated heterocycles. The highest BCUT2D eigenvalue weighted by atomic mass is 19.4. The van der Waals surface area contributed by atoms with E-state index in [0.717, 1.165) is 12.1 Å². The summed E-state index contributed by atoms with van der Waals surface area (Å²) in [6, 6.07) is 3.61. The van der Waals surface area contributed by atoms with Crippen molar-refractivity contribution >= 4 is 18.0 Å². The maximum Gasteiger partial charge on any atom is 0.416 e. The molecule has 1 heterocycles. The van der Waals surface area contributed by atoms with Crippen LogP contribution in [-0.4, -0.2) is 42.4 Å². The third-order valence-corrected chi connectivity index (χ3v) is 4.48. The Labute approximate surface area is 178 Å². The zero-order chi connectivity index (χ0) is 23.4. The average molecular weight is 445 g/mol. The number of carbonyl (C=O) groups excluding carboxylic acids is 3. The van der Waals surface area contributed by atoms with E-state index >= 15 is 0 Å². The van der Waals surface area contributed by atoms with Gasteiger partial charge in [0, 0.05) is 6.42 Å². The summed E-state index contributed by atoms with van der Waals surface area (Å²) in [5.74, 6) is -2.62. The van der Waals surface area contributed by atoms with Crippen LogP contribution in [0.5, 0.6) is 0 Å². The summed E-state index contributed by atoms with van der Waals surface area (Å²) in [5.41, 5.74) is -1.12. The Hall–Kier alpha value is -2.78. The molecule has 10 heteroatoms. The van der Waals surface area contributed by atoms with Crippen LogP contribution in [0.1, 0.15) is 45.2 Å². The molecule has 1 aliphatic heterocycles. The van der Waals surface area contributed by atoms with Crippen molar-refractivity contribution in [2.24, 2.45) is 5.92 Å². The molecule has 172 valence electrons. The van der Waals surface area contributed by atoms with Gasteiger partial charge in [0.25, 0.3) is 0 Å². The molecule has 1 fully saturated rings. The van der Waals surface area contributed by atoms with Gasteiger partial charge in [-0.3, -0.25) is 9.59 Å². The number of hydrogen-bond acceptors (Lipinski definition) is 6. The molecule has 7 nitrogen and oxygen atoms in total. The van der Waals surface area contributed by atoms with Crippen LogP contribution in [0, 0.1) is 5.92 Å². The van der Waals surface area contributed by atoms with Crippen LogP contribution in [0.25, 0.3) is 0 Å². The normalized spacial score (nSPS) is 20.0. The average Bonchev–Trinajstić information content (AvgIpc) is 3.01. The zero-order valence-corrected chi connectivity index (χ0v) is 17.7. The summed E-state index contributed by atoms with van der Waals surface area (Å²) in [6.45, 7) is 6.71. The number of alkyl carbamates (subject to hydrolysis) is 1. The van der Waals surface area contributed by atoms with Crippen molar-refractivity contribution < 1.29 is 41.8 Å². The van der Waals surface area contributed by atoms with E-state index in [2.05, 4.69) is 5.32 Å². The number of nitrogens with one attached hydrogen (secondary N) is 1. The highest BCUT2D eigenvalue weighted by Crippen LogP contribution is 2.30. The first-order valence-electron chi connectivity index (χ1n) is 9.83. The quantitative estimate of drug-likeness (QED) is 0.409. The summed E-state index contributed by atoms with van der Waals surface area (Å²) >= 11 is 0. The van der Waals surface area contributed by atoms with E-state index in [-0.39, 0.29) is 19.4 Å². The van der Waals surface area contributed by atoms with Gasteiger partial charge in [0.15, 0.2) is 5.92 Å². The fourth-order valence-electron chi connectivity index (χ4n) is 3.11. The van der Waals surface area contributed by atoms with E-state index in [9.17, 15) is 27.6 Å². The van der Waals surface area contributed by atoms with E-state index in [1.54, 1.807) is 27.7 Å². The molecule has 0 spiro atoms. The number of halogens is 3. The second kappa shape index (κ2) is 9.57. The minimum absolute atomic E-state index is 0.0290.